The van der Waals surface area contributed by atoms with Gasteiger partial charge in [-0.3, -0.25) is 4.99 Å². The van der Waals surface area contributed by atoms with Crippen LogP contribution in [0.25, 0.3) is 5.57 Å². The highest BCUT2D eigenvalue weighted by Crippen LogP contribution is 2.39. The normalized spacial score (nSPS) is 17.6. The van der Waals surface area contributed by atoms with Crippen molar-refractivity contribution in [2.75, 3.05) is 0 Å². The molecule has 0 spiro atoms. The summed E-state index contributed by atoms with van der Waals surface area (Å²) >= 11 is 3.50. The van der Waals surface area contributed by atoms with Crippen LogP contribution in [0.15, 0.2) is 45.4 Å². The lowest BCUT2D eigenvalue weighted by Gasteiger charge is -2.09. The molecule has 1 aliphatic carbocycles. The Hall–Kier alpha value is -1.15. The predicted molar refractivity (Wildman–Crippen MR) is 67.6 cm³/mol. The number of hydrogen-bond donors (Lipinski definition) is 0. The molecule has 0 aromatic heterocycles. The molecule has 1 nitrogen and oxygen atoms in total. The summed E-state index contributed by atoms with van der Waals surface area (Å²) in [4.78, 5) is 4.63. The maximum atomic E-state index is 4.63. The highest BCUT2D eigenvalue weighted by atomic mass is 79.9. The molecule has 74 valence electrons. The van der Waals surface area contributed by atoms with Gasteiger partial charge in [0, 0.05) is 22.0 Å². The van der Waals surface area contributed by atoms with Gasteiger partial charge in [0.1, 0.15) is 0 Å². The molecule has 0 atom stereocenters. The second-order valence-electron chi connectivity index (χ2n) is 3.93. The molecule has 1 aliphatic heterocycles. The highest BCUT2D eigenvalue weighted by Gasteiger charge is 2.21. The maximum Gasteiger partial charge on any atom is 0.0713 e. The molecule has 0 radical (unpaired) electrons. The Bertz CT molecular complexity index is 535. The van der Waals surface area contributed by atoms with Gasteiger partial charge in [-0.15, -0.1) is 0 Å². The lowest BCUT2D eigenvalue weighted by molar-refractivity contribution is 1.36. The van der Waals surface area contributed by atoms with Gasteiger partial charge >= 0.3 is 0 Å². The van der Waals surface area contributed by atoms with Crippen LogP contribution >= 0.6 is 15.9 Å². The van der Waals surface area contributed by atoms with Gasteiger partial charge < -0.3 is 0 Å². The quantitative estimate of drug-likeness (QED) is 0.660. The zero-order valence-electron chi connectivity index (χ0n) is 8.42. The Kier molecular flexibility index (Phi) is 1.93. The van der Waals surface area contributed by atoms with Crippen molar-refractivity contribution in [3.05, 3.63) is 46.0 Å². The molecule has 2 heteroatoms. The molecule has 3 rings (SSSR count). The van der Waals surface area contributed by atoms with Crippen molar-refractivity contribution in [1.82, 2.24) is 0 Å². The van der Waals surface area contributed by atoms with Gasteiger partial charge in [0.2, 0.25) is 0 Å². The number of hydrogen-bond acceptors (Lipinski definition) is 1. The molecule has 1 aromatic carbocycles. The summed E-state index contributed by atoms with van der Waals surface area (Å²) in [5, 5.41) is 0. The fourth-order valence-electron chi connectivity index (χ4n) is 2.04. The van der Waals surface area contributed by atoms with E-state index >= 15 is 0 Å². The van der Waals surface area contributed by atoms with E-state index in [0.29, 0.717) is 0 Å². The van der Waals surface area contributed by atoms with Gasteiger partial charge in [0.15, 0.2) is 0 Å². The summed E-state index contributed by atoms with van der Waals surface area (Å²) in [6, 6.07) is 6.26. The molecule has 0 saturated heterocycles. The molecule has 1 heterocycles. The molecule has 0 bridgehead atoms. The van der Waals surface area contributed by atoms with E-state index in [1.54, 1.807) is 0 Å². The van der Waals surface area contributed by atoms with Crippen LogP contribution < -0.4 is 0 Å². The zero-order valence-corrected chi connectivity index (χ0v) is 10.0. The van der Waals surface area contributed by atoms with Crippen molar-refractivity contribution in [3.63, 3.8) is 0 Å². The maximum absolute atomic E-state index is 4.63. The zero-order chi connectivity index (χ0) is 10.4. The molecule has 0 amide bonds. The molecule has 2 aliphatic rings. The predicted octanol–water partition coefficient (Wildman–Crippen LogP) is 4.27. The van der Waals surface area contributed by atoms with E-state index in [0.717, 1.165) is 16.6 Å². The van der Waals surface area contributed by atoms with E-state index in [9.17, 15) is 0 Å². The number of halogens is 1. The van der Waals surface area contributed by atoms with Gasteiger partial charge in [-0.2, -0.15) is 0 Å². The molecule has 0 N–H and O–H groups in total. The van der Waals surface area contributed by atoms with Gasteiger partial charge in [0.25, 0.3) is 0 Å². The number of benzene rings is 1. The minimum Gasteiger partial charge on any atom is -0.252 e. The Balaban J connectivity index is 2.22. The van der Waals surface area contributed by atoms with Gasteiger partial charge in [-0.25, -0.2) is 0 Å². The highest BCUT2D eigenvalue weighted by molar-refractivity contribution is 9.10. The van der Waals surface area contributed by atoms with Crippen LogP contribution in [0.5, 0.6) is 0 Å². The number of rotatable bonds is 0. The summed E-state index contributed by atoms with van der Waals surface area (Å²) in [5.74, 6) is 0. The molecule has 0 unspecified atom stereocenters. The Morgan fingerprint density at radius 1 is 1.33 bits per heavy atom. The molecular weight excluding hydrogens is 250 g/mol. The van der Waals surface area contributed by atoms with Crippen molar-refractivity contribution < 1.29 is 0 Å². The molecule has 1 aromatic rings. The van der Waals surface area contributed by atoms with Crippen molar-refractivity contribution in [1.29, 1.82) is 0 Å². The van der Waals surface area contributed by atoms with Crippen LogP contribution in [0.1, 0.15) is 18.9 Å². The van der Waals surface area contributed by atoms with E-state index < -0.39 is 0 Å². The summed E-state index contributed by atoms with van der Waals surface area (Å²) in [6.45, 7) is 2.14. The van der Waals surface area contributed by atoms with Crippen molar-refractivity contribution >= 4 is 32.9 Å². The fourth-order valence-corrected chi connectivity index (χ4v) is 2.40. The average molecular weight is 260 g/mol. The SMILES string of the molecule is CC1=CCC2=Nc3ccc(Br)cc3C2=C1. The third-order valence-electron chi connectivity index (χ3n) is 2.80. The first-order valence-electron chi connectivity index (χ1n) is 5.00. The van der Waals surface area contributed by atoms with Gasteiger partial charge in [0.05, 0.1) is 11.4 Å². The Morgan fingerprint density at radius 3 is 3.07 bits per heavy atom. The van der Waals surface area contributed by atoms with Crippen LogP contribution in [-0.4, -0.2) is 5.71 Å². The van der Waals surface area contributed by atoms with Crippen LogP contribution in [0.4, 0.5) is 5.69 Å². The first kappa shape index (κ1) is 9.10. The lowest BCUT2D eigenvalue weighted by atomic mass is 9.94. The largest absolute Gasteiger partial charge is 0.252 e. The summed E-state index contributed by atoms with van der Waals surface area (Å²) in [6.07, 6.45) is 5.41. The van der Waals surface area contributed by atoms with Gasteiger partial charge in [-0.1, -0.05) is 27.6 Å². The smallest absolute Gasteiger partial charge is 0.0713 e. The average Bonchev–Trinajstić information content (AvgIpc) is 2.56. The van der Waals surface area contributed by atoms with E-state index in [-0.39, 0.29) is 0 Å². The first-order valence-corrected chi connectivity index (χ1v) is 5.80. The number of aliphatic imine (C=N–C) groups is 1. The van der Waals surface area contributed by atoms with Crippen molar-refractivity contribution in [3.8, 4) is 0 Å². The number of nitrogens with zero attached hydrogens (tertiary/aromatic N) is 1. The van der Waals surface area contributed by atoms with E-state index in [1.807, 2.05) is 6.07 Å². The third-order valence-corrected chi connectivity index (χ3v) is 3.30. The van der Waals surface area contributed by atoms with Crippen LogP contribution in [0.3, 0.4) is 0 Å². The summed E-state index contributed by atoms with van der Waals surface area (Å²) < 4.78 is 1.12. The Labute approximate surface area is 97.4 Å². The standard InChI is InChI=1S/C13H10BrN/c1-8-2-4-12-10(6-8)11-7-9(14)3-5-13(11)15-12/h2-3,5-7H,4H2,1H3. The van der Waals surface area contributed by atoms with Crippen molar-refractivity contribution in [2.24, 2.45) is 4.99 Å². The first-order chi connectivity index (χ1) is 7.24. The summed E-state index contributed by atoms with van der Waals surface area (Å²) in [7, 11) is 0. The van der Waals surface area contributed by atoms with Gasteiger partial charge in [-0.05, 0) is 31.2 Å². The van der Waals surface area contributed by atoms with Crippen LogP contribution in [0.2, 0.25) is 0 Å². The Morgan fingerprint density at radius 2 is 2.20 bits per heavy atom. The van der Waals surface area contributed by atoms with E-state index in [2.05, 4.69) is 52.1 Å². The summed E-state index contributed by atoms with van der Waals surface area (Å²) in [5.41, 5.74) is 6.19. The van der Waals surface area contributed by atoms with E-state index in [1.165, 1.54) is 22.4 Å². The number of fused-ring (bicyclic) bond motifs is 3. The molecule has 0 fully saturated rings. The second kappa shape index (κ2) is 3.17. The lowest BCUT2D eigenvalue weighted by Crippen LogP contribution is -2.00. The second-order valence-corrected chi connectivity index (χ2v) is 4.85. The number of allylic oxidation sites excluding steroid dienone is 4. The van der Waals surface area contributed by atoms with Crippen LogP contribution in [0, 0.1) is 0 Å². The topological polar surface area (TPSA) is 12.4 Å². The molecule has 15 heavy (non-hydrogen) atoms. The monoisotopic (exact) mass is 259 g/mol. The van der Waals surface area contributed by atoms with Crippen LogP contribution in [-0.2, 0) is 0 Å². The molecular formula is C13H10BrN. The third kappa shape index (κ3) is 1.40. The van der Waals surface area contributed by atoms with E-state index in [4.69, 9.17) is 0 Å². The minimum atomic E-state index is 0.962. The minimum absolute atomic E-state index is 0.962. The molecule has 0 saturated carbocycles. The fraction of sp³-hybridized carbons (Fsp3) is 0.154. The van der Waals surface area contributed by atoms with Crippen molar-refractivity contribution in [2.45, 2.75) is 13.3 Å².